The Kier molecular flexibility index (Phi) is 8.02. The maximum atomic E-state index is 12.4. The van der Waals surface area contributed by atoms with Gasteiger partial charge >= 0.3 is 11.9 Å². The molecule has 6 heteroatoms. The first kappa shape index (κ1) is 23.7. The maximum absolute atomic E-state index is 12.4. The van der Waals surface area contributed by atoms with Crippen molar-refractivity contribution in [2.45, 2.75) is 46.3 Å². The summed E-state index contributed by atoms with van der Waals surface area (Å²) in [7, 11) is 0. The van der Waals surface area contributed by atoms with Crippen LogP contribution in [0.3, 0.4) is 0 Å². The van der Waals surface area contributed by atoms with Gasteiger partial charge in [0.2, 0.25) is 11.6 Å². The number of esters is 2. The highest BCUT2D eigenvalue weighted by molar-refractivity contribution is 6.02. The number of hydrogen-bond donors (Lipinski definition) is 0. The Balaban J connectivity index is 1.86. The van der Waals surface area contributed by atoms with Crippen molar-refractivity contribution in [3.63, 3.8) is 0 Å². The molecule has 162 valence electrons. The molecule has 0 saturated heterocycles. The van der Waals surface area contributed by atoms with Crippen molar-refractivity contribution in [3.8, 4) is 0 Å². The van der Waals surface area contributed by atoms with Crippen LogP contribution in [0.2, 0.25) is 0 Å². The Morgan fingerprint density at radius 1 is 0.742 bits per heavy atom. The van der Waals surface area contributed by atoms with Crippen LogP contribution in [0.1, 0.15) is 52.1 Å². The first-order valence-electron chi connectivity index (χ1n) is 9.88. The number of hydrogen-bond acceptors (Lipinski definition) is 6. The van der Waals surface area contributed by atoms with Gasteiger partial charge in [-0.2, -0.15) is 0 Å². The summed E-state index contributed by atoms with van der Waals surface area (Å²) in [5, 5.41) is 0. The molecule has 2 aromatic carbocycles. The van der Waals surface area contributed by atoms with Crippen molar-refractivity contribution in [1.29, 1.82) is 0 Å². The van der Waals surface area contributed by atoms with Gasteiger partial charge < -0.3 is 9.47 Å². The Bertz CT molecular complexity index is 986. The van der Waals surface area contributed by atoms with Crippen molar-refractivity contribution >= 4 is 23.5 Å². The Labute approximate surface area is 181 Å². The van der Waals surface area contributed by atoms with Gasteiger partial charge in [0.25, 0.3) is 0 Å². The van der Waals surface area contributed by atoms with E-state index in [2.05, 4.69) is 6.58 Å². The molecule has 2 unspecified atom stereocenters. The molecule has 0 spiro atoms. The van der Waals surface area contributed by atoms with Gasteiger partial charge in [0.05, 0.1) is 6.42 Å². The lowest BCUT2D eigenvalue weighted by atomic mass is 10.1. The van der Waals surface area contributed by atoms with Crippen LogP contribution in [0.5, 0.6) is 0 Å². The Morgan fingerprint density at radius 2 is 1.13 bits per heavy atom. The van der Waals surface area contributed by atoms with E-state index in [1.807, 2.05) is 13.8 Å². The Morgan fingerprint density at radius 3 is 1.55 bits per heavy atom. The summed E-state index contributed by atoms with van der Waals surface area (Å²) in [6, 6.07) is 13.8. The fourth-order valence-electron chi connectivity index (χ4n) is 2.74. The third-order valence-corrected chi connectivity index (χ3v) is 4.65. The van der Waals surface area contributed by atoms with Crippen molar-refractivity contribution < 1.29 is 28.7 Å². The number of rotatable bonds is 9. The summed E-state index contributed by atoms with van der Waals surface area (Å²) in [6.07, 6.45) is -2.50. The molecule has 6 nitrogen and oxygen atoms in total. The molecule has 2 rings (SSSR count). The monoisotopic (exact) mass is 422 g/mol. The van der Waals surface area contributed by atoms with Gasteiger partial charge in [-0.15, -0.1) is 0 Å². The second-order valence-corrected chi connectivity index (χ2v) is 7.42. The van der Waals surface area contributed by atoms with Crippen LogP contribution in [0.4, 0.5) is 0 Å². The normalized spacial score (nSPS) is 12.4. The highest BCUT2D eigenvalue weighted by Gasteiger charge is 2.24. The zero-order valence-electron chi connectivity index (χ0n) is 18.1. The topological polar surface area (TPSA) is 86.7 Å². The van der Waals surface area contributed by atoms with E-state index in [1.165, 1.54) is 13.8 Å². The highest BCUT2D eigenvalue weighted by Crippen LogP contribution is 2.13. The van der Waals surface area contributed by atoms with Gasteiger partial charge in [0.1, 0.15) is 0 Å². The first-order chi connectivity index (χ1) is 14.6. The number of Topliss-reactive ketones (excluding diaryl/α,β-unsaturated/α-hetero) is 2. The largest absolute Gasteiger partial charge is 0.454 e. The minimum Gasteiger partial charge on any atom is -0.454 e. The molecule has 0 aliphatic carbocycles. The van der Waals surface area contributed by atoms with Gasteiger partial charge in [0, 0.05) is 16.7 Å². The molecule has 2 aromatic rings. The average molecular weight is 422 g/mol. The standard InChI is InChI=1S/C25H26O6/c1-15-6-10-20(11-7-15)23(27)18(4)30-22(26)14-17(3)25(29)31-19(5)24(28)21-12-8-16(2)9-13-21/h6-13,18-19H,3,14H2,1-2,4-5H3. The van der Waals surface area contributed by atoms with Crippen LogP contribution in [0.15, 0.2) is 60.7 Å². The summed E-state index contributed by atoms with van der Waals surface area (Å²) in [5.74, 6) is -2.37. The van der Waals surface area contributed by atoms with Crippen LogP contribution in [0.25, 0.3) is 0 Å². The minimum atomic E-state index is -1.04. The molecule has 31 heavy (non-hydrogen) atoms. The molecule has 2 atom stereocenters. The first-order valence-corrected chi connectivity index (χ1v) is 9.88. The molecule has 0 aromatic heterocycles. The zero-order chi connectivity index (χ0) is 23.1. The lowest BCUT2D eigenvalue weighted by molar-refractivity contribution is -0.148. The average Bonchev–Trinajstić information content (AvgIpc) is 2.73. The molecular weight excluding hydrogens is 396 g/mol. The van der Waals surface area contributed by atoms with Crippen LogP contribution < -0.4 is 0 Å². The van der Waals surface area contributed by atoms with Crippen molar-refractivity contribution in [2.24, 2.45) is 0 Å². The molecule has 0 aliphatic heterocycles. The molecule has 0 N–H and O–H groups in total. The number of ketones is 2. The maximum Gasteiger partial charge on any atom is 0.334 e. The van der Waals surface area contributed by atoms with Gasteiger partial charge in [-0.05, 0) is 27.7 Å². The summed E-state index contributed by atoms with van der Waals surface area (Å²) >= 11 is 0. The van der Waals surface area contributed by atoms with E-state index in [9.17, 15) is 19.2 Å². The molecule has 0 amide bonds. The minimum absolute atomic E-state index is 0.163. The molecule has 0 fully saturated rings. The quantitative estimate of drug-likeness (QED) is 0.342. The predicted octanol–water partition coefficient (Wildman–Crippen LogP) is 4.18. The second-order valence-electron chi connectivity index (χ2n) is 7.42. The van der Waals surface area contributed by atoms with Crippen LogP contribution >= 0.6 is 0 Å². The van der Waals surface area contributed by atoms with E-state index in [1.54, 1.807) is 48.5 Å². The third kappa shape index (κ3) is 6.74. The smallest absolute Gasteiger partial charge is 0.334 e. The van der Waals surface area contributed by atoms with E-state index >= 15 is 0 Å². The van der Waals surface area contributed by atoms with E-state index in [4.69, 9.17) is 9.47 Å². The molecule has 0 aliphatic rings. The summed E-state index contributed by atoms with van der Waals surface area (Å²) in [5.41, 5.74) is 2.68. The highest BCUT2D eigenvalue weighted by atomic mass is 16.6. The predicted molar refractivity (Wildman–Crippen MR) is 116 cm³/mol. The van der Waals surface area contributed by atoms with E-state index in [0.717, 1.165) is 11.1 Å². The fraction of sp³-hybridized carbons (Fsp3) is 0.280. The number of carbonyl (C=O) groups excluding carboxylic acids is 4. The van der Waals surface area contributed by atoms with Crippen molar-refractivity contribution in [3.05, 3.63) is 82.9 Å². The summed E-state index contributed by atoms with van der Waals surface area (Å²) in [6.45, 7) is 10.3. The number of aryl methyl sites for hydroxylation is 2. The SMILES string of the molecule is C=C(CC(=O)OC(C)C(=O)c1ccc(C)cc1)C(=O)OC(C)C(=O)c1ccc(C)cc1. The van der Waals surface area contributed by atoms with E-state index in [0.29, 0.717) is 11.1 Å². The lowest BCUT2D eigenvalue weighted by Gasteiger charge is -2.15. The molecular formula is C25H26O6. The van der Waals surface area contributed by atoms with E-state index in [-0.39, 0.29) is 17.1 Å². The molecule has 0 radical (unpaired) electrons. The van der Waals surface area contributed by atoms with Crippen LogP contribution in [-0.2, 0) is 19.1 Å². The van der Waals surface area contributed by atoms with Crippen molar-refractivity contribution in [2.75, 3.05) is 0 Å². The van der Waals surface area contributed by atoms with Crippen molar-refractivity contribution in [1.82, 2.24) is 0 Å². The molecule has 0 saturated carbocycles. The van der Waals surface area contributed by atoms with Gasteiger partial charge in [-0.1, -0.05) is 66.2 Å². The summed E-state index contributed by atoms with van der Waals surface area (Å²) < 4.78 is 10.3. The third-order valence-electron chi connectivity index (χ3n) is 4.65. The fourth-order valence-corrected chi connectivity index (χ4v) is 2.74. The second kappa shape index (κ2) is 10.5. The Hall–Kier alpha value is -3.54. The van der Waals surface area contributed by atoms with Gasteiger partial charge in [-0.3, -0.25) is 14.4 Å². The van der Waals surface area contributed by atoms with Gasteiger partial charge in [-0.25, -0.2) is 4.79 Å². The summed E-state index contributed by atoms with van der Waals surface area (Å²) in [4.78, 5) is 49.1. The number of carbonyl (C=O) groups is 4. The number of ether oxygens (including phenoxy) is 2. The molecule has 0 bridgehead atoms. The zero-order valence-corrected chi connectivity index (χ0v) is 18.1. The lowest BCUT2D eigenvalue weighted by Crippen LogP contribution is -2.27. The molecule has 0 heterocycles. The number of benzene rings is 2. The van der Waals surface area contributed by atoms with Gasteiger partial charge in [0.15, 0.2) is 12.2 Å². The van der Waals surface area contributed by atoms with Crippen LogP contribution in [0, 0.1) is 13.8 Å². The van der Waals surface area contributed by atoms with E-state index < -0.39 is 30.6 Å². The van der Waals surface area contributed by atoms with Crippen LogP contribution in [-0.4, -0.2) is 35.7 Å².